The Morgan fingerprint density at radius 2 is 1.96 bits per heavy atom. The molecule has 24 heavy (non-hydrogen) atoms. The molecule has 3 N–H and O–H groups in total. The molecule has 2 aromatic heterocycles. The first kappa shape index (κ1) is 16.2. The normalized spacial score (nSPS) is 12.0. The van der Waals surface area contributed by atoms with E-state index in [9.17, 15) is 9.90 Å². The van der Waals surface area contributed by atoms with Crippen LogP contribution >= 0.6 is 11.3 Å². The summed E-state index contributed by atoms with van der Waals surface area (Å²) in [7, 11) is 0. The van der Waals surface area contributed by atoms with E-state index in [1.54, 1.807) is 41.8 Å². The standard InChI is InChI=1S/C19H18N2O2S/c20-19(23)17(13-3-5-15(22)6-4-13)9-7-16-8-10-18(24-16)14-2-1-11-21-12-14/h1-6,8,10-12,17,22H,7,9H2,(H2,20,23). The Morgan fingerprint density at radius 3 is 2.62 bits per heavy atom. The van der Waals surface area contributed by atoms with E-state index < -0.39 is 0 Å². The number of hydrogen-bond acceptors (Lipinski definition) is 4. The summed E-state index contributed by atoms with van der Waals surface area (Å²) in [5, 5.41) is 9.38. The summed E-state index contributed by atoms with van der Waals surface area (Å²) in [4.78, 5) is 18.3. The number of phenolic OH excluding ortho intramolecular Hbond substituents is 1. The van der Waals surface area contributed by atoms with Crippen LogP contribution in [0.1, 0.15) is 22.8 Å². The van der Waals surface area contributed by atoms with Crippen molar-refractivity contribution in [3.05, 3.63) is 71.4 Å². The summed E-state index contributed by atoms with van der Waals surface area (Å²) in [5.41, 5.74) is 7.49. The van der Waals surface area contributed by atoms with Crippen LogP contribution in [0, 0.1) is 0 Å². The molecule has 4 nitrogen and oxygen atoms in total. The Kier molecular flexibility index (Phi) is 4.91. The molecule has 0 aliphatic rings. The van der Waals surface area contributed by atoms with Crippen LogP contribution in [-0.2, 0) is 11.2 Å². The largest absolute Gasteiger partial charge is 0.508 e. The van der Waals surface area contributed by atoms with Crippen LogP contribution in [0.4, 0.5) is 0 Å². The van der Waals surface area contributed by atoms with Gasteiger partial charge >= 0.3 is 0 Å². The van der Waals surface area contributed by atoms with Crippen LogP contribution in [0.3, 0.4) is 0 Å². The number of phenols is 1. The number of carbonyl (C=O) groups is 1. The smallest absolute Gasteiger partial charge is 0.224 e. The number of rotatable bonds is 6. The molecular formula is C19H18N2O2S. The summed E-state index contributed by atoms with van der Waals surface area (Å²) >= 11 is 1.71. The molecule has 0 bridgehead atoms. The molecule has 5 heteroatoms. The molecule has 0 spiro atoms. The van der Waals surface area contributed by atoms with Crippen LogP contribution < -0.4 is 5.73 Å². The first-order valence-corrected chi connectivity index (χ1v) is 8.52. The Labute approximate surface area is 144 Å². The molecule has 1 atom stereocenters. The molecule has 1 amide bonds. The first-order chi connectivity index (χ1) is 11.6. The molecule has 0 aliphatic carbocycles. The fraction of sp³-hybridized carbons (Fsp3) is 0.158. The van der Waals surface area contributed by atoms with Gasteiger partial charge in [-0.2, -0.15) is 0 Å². The Balaban J connectivity index is 1.70. The van der Waals surface area contributed by atoms with Gasteiger partial charge in [-0.15, -0.1) is 11.3 Å². The zero-order valence-electron chi connectivity index (χ0n) is 13.1. The highest BCUT2D eigenvalue weighted by Gasteiger charge is 2.18. The van der Waals surface area contributed by atoms with Crippen LogP contribution in [-0.4, -0.2) is 16.0 Å². The van der Waals surface area contributed by atoms with Gasteiger partial charge in [-0.1, -0.05) is 18.2 Å². The zero-order chi connectivity index (χ0) is 16.9. The van der Waals surface area contributed by atoms with Crippen molar-refractivity contribution in [2.45, 2.75) is 18.8 Å². The van der Waals surface area contributed by atoms with Crippen LogP contribution in [0.2, 0.25) is 0 Å². The van der Waals surface area contributed by atoms with E-state index in [1.807, 2.05) is 18.3 Å². The monoisotopic (exact) mass is 338 g/mol. The van der Waals surface area contributed by atoms with E-state index in [2.05, 4.69) is 17.1 Å². The number of aromatic nitrogens is 1. The minimum Gasteiger partial charge on any atom is -0.508 e. The first-order valence-electron chi connectivity index (χ1n) is 7.71. The second-order valence-electron chi connectivity index (χ2n) is 5.59. The third-order valence-electron chi connectivity index (χ3n) is 3.93. The lowest BCUT2D eigenvalue weighted by molar-refractivity contribution is -0.119. The van der Waals surface area contributed by atoms with Crippen molar-refractivity contribution in [3.8, 4) is 16.2 Å². The summed E-state index contributed by atoms with van der Waals surface area (Å²) < 4.78 is 0. The van der Waals surface area contributed by atoms with Gasteiger partial charge in [-0.25, -0.2) is 0 Å². The Bertz CT molecular complexity index is 813. The topological polar surface area (TPSA) is 76.2 Å². The summed E-state index contributed by atoms with van der Waals surface area (Å²) in [6, 6.07) is 14.8. The van der Waals surface area contributed by atoms with E-state index in [0.29, 0.717) is 6.42 Å². The lowest BCUT2D eigenvalue weighted by Gasteiger charge is -2.13. The molecular weight excluding hydrogens is 320 g/mol. The molecule has 2 heterocycles. The minimum atomic E-state index is -0.352. The highest BCUT2D eigenvalue weighted by molar-refractivity contribution is 7.15. The van der Waals surface area contributed by atoms with E-state index in [4.69, 9.17) is 5.73 Å². The van der Waals surface area contributed by atoms with Gasteiger partial charge in [0, 0.05) is 27.7 Å². The summed E-state index contributed by atoms with van der Waals surface area (Å²) in [6.45, 7) is 0. The number of amides is 1. The quantitative estimate of drug-likeness (QED) is 0.719. The van der Waals surface area contributed by atoms with Crippen molar-refractivity contribution in [3.63, 3.8) is 0 Å². The van der Waals surface area contributed by atoms with Crippen molar-refractivity contribution in [2.75, 3.05) is 0 Å². The van der Waals surface area contributed by atoms with E-state index in [0.717, 1.165) is 17.5 Å². The predicted molar refractivity (Wildman–Crippen MR) is 95.9 cm³/mol. The Hall–Kier alpha value is -2.66. The molecule has 0 saturated heterocycles. The molecule has 0 fully saturated rings. The molecule has 0 aliphatic heterocycles. The maximum atomic E-state index is 11.8. The van der Waals surface area contributed by atoms with Gasteiger partial charge < -0.3 is 10.8 Å². The molecule has 3 rings (SSSR count). The van der Waals surface area contributed by atoms with Gasteiger partial charge in [-0.05, 0) is 48.7 Å². The van der Waals surface area contributed by atoms with Crippen LogP contribution in [0.25, 0.3) is 10.4 Å². The Morgan fingerprint density at radius 1 is 1.17 bits per heavy atom. The average molecular weight is 338 g/mol. The molecule has 1 unspecified atom stereocenters. The predicted octanol–water partition coefficient (Wildman–Crippen LogP) is 3.72. The molecule has 0 radical (unpaired) electrons. The van der Waals surface area contributed by atoms with Gasteiger partial charge in [0.15, 0.2) is 0 Å². The van der Waals surface area contributed by atoms with Crippen molar-refractivity contribution in [1.82, 2.24) is 4.98 Å². The number of thiophene rings is 1. The second kappa shape index (κ2) is 7.27. The van der Waals surface area contributed by atoms with Crippen LogP contribution in [0.15, 0.2) is 60.9 Å². The maximum absolute atomic E-state index is 11.8. The van der Waals surface area contributed by atoms with Crippen molar-refractivity contribution in [2.24, 2.45) is 5.73 Å². The number of pyridine rings is 1. The van der Waals surface area contributed by atoms with Crippen molar-refractivity contribution in [1.29, 1.82) is 0 Å². The second-order valence-corrected chi connectivity index (χ2v) is 6.76. The fourth-order valence-electron chi connectivity index (χ4n) is 2.64. The molecule has 3 aromatic rings. The third-order valence-corrected chi connectivity index (χ3v) is 5.12. The van der Waals surface area contributed by atoms with Gasteiger partial charge in [0.2, 0.25) is 5.91 Å². The molecule has 0 saturated carbocycles. The number of nitrogens with two attached hydrogens (primary N) is 1. The fourth-order valence-corrected chi connectivity index (χ4v) is 3.66. The molecule has 122 valence electrons. The van der Waals surface area contributed by atoms with Gasteiger partial charge in [0.25, 0.3) is 0 Å². The number of aryl methyl sites for hydroxylation is 1. The lowest BCUT2D eigenvalue weighted by Crippen LogP contribution is -2.21. The number of nitrogens with zero attached hydrogens (tertiary/aromatic N) is 1. The van der Waals surface area contributed by atoms with Crippen molar-refractivity contribution >= 4 is 17.2 Å². The number of aromatic hydroxyl groups is 1. The van der Waals surface area contributed by atoms with Gasteiger partial charge in [-0.3, -0.25) is 9.78 Å². The number of hydrogen-bond donors (Lipinski definition) is 2. The highest BCUT2D eigenvalue weighted by atomic mass is 32.1. The van der Waals surface area contributed by atoms with Crippen LogP contribution in [0.5, 0.6) is 5.75 Å². The number of carbonyl (C=O) groups excluding carboxylic acids is 1. The van der Waals surface area contributed by atoms with E-state index >= 15 is 0 Å². The number of benzene rings is 1. The third kappa shape index (κ3) is 3.81. The SMILES string of the molecule is NC(=O)C(CCc1ccc(-c2cccnc2)s1)c1ccc(O)cc1. The summed E-state index contributed by atoms with van der Waals surface area (Å²) in [5.74, 6) is -0.513. The average Bonchev–Trinajstić information content (AvgIpc) is 3.06. The van der Waals surface area contributed by atoms with E-state index in [-0.39, 0.29) is 17.6 Å². The van der Waals surface area contributed by atoms with Crippen molar-refractivity contribution < 1.29 is 9.90 Å². The summed E-state index contributed by atoms with van der Waals surface area (Å²) in [6.07, 6.45) is 5.03. The van der Waals surface area contributed by atoms with E-state index in [1.165, 1.54) is 9.75 Å². The molecule has 1 aromatic carbocycles. The van der Waals surface area contributed by atoms with Gasteiger partial charge in [0.1, 0.15) is 5.75 Å². The number of primary amides is 1. The zero-order valence-corrected chi connectivity index (χ0v) is 13.9. The minimum absolute atomic E-state index is 0.182. The highest BCUT2D eigenvalue weighted by Crippen LogP contribution is 2.30. The maximum Gasteiger partial charge on any atom is 0.224 e. The lowest BCUT2D eigenvalue weighted by atomic mass is 9.93. The van der Waals surface area contributed by atoms with Gasteiger partial charge in [0.05, 0.1) is 5.92 Å².